The molecule has 1 rings (SSSR count). The van der Waals surface area contributed by atoms with Crippen molar-refractivity contribution in [3.63, 3.8) is 0 Å². The van der Waals surface area contributed by atoms with E-state index < -0.39 is 5.97 Å². The standard InChI is InChI=1S/C15H28N2O4/c1-12(10-21-3)17(2)14(20)16-11-15(9-13(18)19)7-5-4-6-8-15/h12H,4-11H2,1-3H3,(H,16,20)(H,18,19). The number of carbonyl (C=O) groups is 2. The van der Waals surface area contributed by atoms with E-state index in [4.69, 9.17) is 9.84 Å². The van der Waals surface area contributed by atoms with Crippen LogP contribution in [0, 0.1) is 5.41 Å². The van der Waals surface area contributed by atoms with E-state index in [1.54, 1.807) is 19.1 Å². The molecular formula is C15H28N2O4. The van der Waals surface area contributed by atoms with E-state index in [0.717, 1.165) is 32.1 Å². The van der Waals surface area contributed by atoms with Crippen molar-refractivity contribution in [2.45, 2.75) is 51.5 Å². The van der Waals surface area contributed by atoms with Crippen molar-refractivity contribution in [1.82, 2.24) is 10.2 Å². The van der Waals surface area contributed by atoms with Crippen molar-refractivity contribution in [3.8, 4) is 0 Å². The highest BCUT2D eigenvalue weighted by atomic mass is 16.5. The molecular weight excluding hydrogens is 272 g/mol. The molecule has 2 amide bonds. The quantitative estimate of drug-likeness (QED) is 0.754. The largest absolute Gasteiger partial charge is 0.481 e. The van der Waals surface area contributed by atoms with Gasteiger partial charge in [-0.05, 0) is 25.2 Å². The predicted molar refractivity (Wildman–Crippen MR) is 80.3 cm³/mol. The van der Waals surface area contributed by atoms with E-state index in [2.05, 4.69) is 5.32 Å². The number of rotatable bonds is 7. The molecule has 0 bridgehead atoms. The first kappa shape index (κ1) is 17.8. The average Bonchev–Trinajstić information content (AvgIpc) is 2.44. The number of hydrogen-bond donors (Lipinski definition) is 2. The molecule has 0 aromatic heterocycles. The number of carboxylic acids is 1. The minimum Gasteiger partial charge on any atom is -0.481 e. The second kappa shape index (κ2) is 8.22. The minimum absolute atomic E-state index is 0.0169. The summed E-state index contributed by atoms with van der Waals surface area (Å²) in [6.07, 6.45) is 5.11. The SMILES string of the molecule is COCC(C)N(C)C(=O)NCC1(CC(=O)O)CCCCC1. The first-order chi connectivity index (χ1) is 9.90. The van der Waals surface area contributed by atoms with E-state index in [-0.39, 0.29) is 23.9 Å². The second-order valence-electron chi connectivity index (χ2n) is 6.21. The summed E-state index contributed by atoms with van der Waals surface area (Å²) in [4.78, 5) is 24.8. The molecule has 0 aliphatic heterocycles. The van der Waals surface area contributed by atoms with Crippen LogP contribution in [0.3, 0.4) is 0 Å². The van der Waals surface area contributed by atoms with Crippen molar-refractivity contribution in [2.24, 2.45) is 5.41 Å². The second-order valence-corrected chi connectivity index (χ2v) is 6.21. The summed E-state index contributed by atoms with van der Waals surface area (Å²) in [6.45, 7) is 2.82. The van der Waals surface area contributed by atoms with Gasteiger partial charge >= 0.3 is 12.0 Å². The number of carbonyl (C=O) groups excluding carboxylic acids is 1. The molecule has 1 unspecified atom stereocenters. The summed E-state index contributed by atoms with van der Waals surface area (Å²) >= 11 is 0. The molecule has 2 N–H and O–H groups in total. The maximum Gasteiger partial charge on any atom is 0.317 e. The third-order valence-electron chi connectivity index (χ3n) is 4.44. The molecule has 0 heterocycles. The maximum atomic E-state index is 12.1. The Hall–Kier alpha value is -1.30. The third-order valence-corrected chi connectivity index (χ3v) is 4.44. The van der Waals surface area contributed by atoms with E-state index in [9.17, 15) is 9.59 Å². The number of methoxy groups -OCH3 is 1. The monoisotopic (exact) mass is 300 g/mol. The zero-order valence-electron chi connectivity index (χ0n) is 13.4. The minimum atomic E-state index is -0.785. The van der Waals surface area contributed by atoms with Crippen molar-refractivity contribution in [3.05, 3.63) is 0 Å². The van der Waals surface area contributed by atoms with Gasteiger partial charge in [-0.3, -0.25) is 4.79 Å². The van der Waals surface area contributed by atoms with Crippen LogP contribution in [0.5, 0.6) is 0 Å². The van der Waals surface area contributed by atoms with Crippen molar-refractivity contribution in [2.75, 3.05) is 27.3 Å². The van der Waals surface area contributed by atoms with E-state index >= 15 is 0 Å². The highest BCUT2D eigenvalue weighted by Crippen LogP contribution is 2.38. The molecule has 6 heteroatoms. The molecule has 0 saturated heterocycles. The van der Waals surface area contributed by atoms with Crippen molar-refractivity contribution < 1.29 is 19.4 Å². The number of hydrogen-bond acceptors (Lipinski definition) is 3. The fourth-order valence-corrected chi connectivity index (χ4v) is 2.98. The zero-order chi connectivity index (χ0) is 15.9. The van der Waals surface area contributed by atoms with Crippen molar-refractivity contribution in [1.29, 1.82) is 0 Å². The van der Waals surface area contributed by atoms with Crippen LogP contribution in [-0.4, -0.2) is 55.4 Å². The van der Waals surface area contributed by atoms with Crippen LogP contribution in [0.4, 0.5) is 4.79 Å². The number of nitrogens with zero attached hydrogens (tertiary/aromatic N) is 1. The summed E-state index contributed by atoms with van der Waals surface area (Å²) in [5, 5.41) is 12.0. The highest BCUT2D eigenvalue weighted by molar-refractivity contribution is 5.74. The molecule has 0 aromatic carbocycles. The van der Waals surface area contributed by atoms with Gasteiger partial charge in [0.25, 0.3) is 0 Å². The molecule has 1 aliphatic rings. The molecule has 6 nitrogen and oxygen atoms in total. The van der Waals surface area contributed by atoms with Gasteiger partial charge in [0.15, 0.2) is 0 Å². The Bertz CT molecular complexity index is 354. The summed E-state index contributed by atoms with van der Waals surface area (Å²) in [7, 11) is 3.33. The number of amides is 2. The van der Waals surface area contributed by atoms with Gasteiger partial charge in [-0.15, -0.1) is 0 Å². The van der Waals surface area contributed by atoms with Crippen LogP contribution in [0.2, 0.25) is 0 Å². The van der Waals surface area contributed by atoms with E-state index in [1.807, 2.05) is 6.92 Å². The normalized spacial score (nSPS) is 18.8. The van der Waals surface area contributed by atoms with Crippen LogP contribution in [0.1, 0.15) is 45.4 Å². The smallest absolute Gasteiger partial charge is 0.317 e. The van der Waals surface area contributed by atoms with E-state index in [1.165, 1.54) is 0 Å². The molecule has 1 aliphatic carbocycles. The Kier molecular flexibility index (Phi) is 6.95. The Morgan fingerprint density at radius 3 is 2.48 bits per heavy atom. The van der Waals surface area contributed by atoms with Crippen LogP contribution in [0.25, 0.3) is 0 Å². The average molecular weight is 300 g/mol. The summed E-state index contributed by atoms with van der Waals surface area (Å²) < 4.78 is 5.04. The number of carboxylic acid groups (broad SMARTS) is 1. The van der Waals surface area contributed by atoms with Gasteiger partial charge in [0, 0.05) is 20.7 Å². The number of nitrogens with one attached hydrogen (secondary N) is 1. The molecule has 0 radical (unpaired) electrons. The molecule has 1 saturated carbocycles. The predicted octanol–water partition coefficient (Wildman–Crippen LogP) is 2.09. The number of likely N-dealkylation sites (N-methyl/N-ethyl adjacent to an activating group) is 1. The maximum absolute atomic E-state index is 12.1. The summed E-state index contributed by atoms with van der Waals surface area (Å²) in [5.41, 5.74) is -0.287. The lowest BCUT2D eigenvalue weighted by atomic mass is 9.72. The number of urea groups is 1. The lowest BCUT2D eigenvalue weighted by Crippen LogP contribution is -2.48. The summed E-state index contributed by atoms with van der Waals surface area (Å²) in [5.74, 6) is -0.785. The van der Waals surface area contributed by atoms with Gasteiger partial charge < -0.3 is 20.1 Å². The molecule has 0 aromatic rings. The third kappa shape index (κ3) is 5.53. The molecule has 1 fully saturated rings. The van der Waals surface area contributed by atoms with Gasteiger partial charge in [-0.1, -0.05) is 19.3 Å². The van der Waals surface area contributed by atoms with Gasteiger partial charge in [0.1, 0.15) is 0 Å². The Morgan fingerprint density at radius 2 is 1.95 bits per heavy atom. The Balaban J connectivity index is 2.56. The van der Waals surface area contributed by atoms with Gasteiger partial charge in [0.2, 0.25) is 0 Å². The van der Waals surface area contributed by atoms with Crippen LogP contribution < -0.4 is 5.32 Å². The van der Waals surface area contributed by atoms with Crippen LogP contribution in [0.15, 0.2) is 0 Å². The first-order valence-corrected chi connectivity index (χ1v) is 7.61. The molecule has 21 heavy (non-hydrogen) atoms. The van der Waals surface area contributed by atoms with Crippen LogP contribution in [-0.2, 0) is 9.53 Å². The lowest BCUT2D eigenvalue weighted by molar-refractivity contribution is -0.140. The Morgan fingerprint density at radius 1 is 1.33 bits per heavy atom. The molecule has 122 valence electrons. The zero-order valence-corrected chi connectivity index (χ0v) is 13.4. The van der Waals surface area contributed by atoms with Crippen molar-refractivity contribution >= 4 is 12.0 Å². The lowest BCUT2D eigenvalue weighted by Gasteiger charge is -2.37. The summed E-state index contributed by atoms with van der Waals surface area (Å²) in [6, 6.07) is -0.188. The fourth-order valence-electron chi connectivity index (χ4n) is 2.98. The first-order valence-electron chi connectivity index (χ1n) is 7.61. The number of ether oxygens (including phenoxy) is 1. The van der Waals surface area contributed by atoms with Gasteiger partial charge in [-0.2, -0.15) is 0 Å². The van der Waals surface area contributed by atoms with Crippen LogP contribution >= 0.6 is 0 Å². The topological polar surface area (TPSA) is 78.9 Å². The van der Waals surface area contributed by atoms with E-state index in [0.29, 0.717) is 13.2 Å². The van der Waals surface area contributed by atoms with Gasteiger partial charge in [0.05, 0.1) is 19.1 Å². The van der Waals surface area contributed by atoms with Gasteiger partial charge in [-0.25, -0.2) is 4.79 Å². The fraction of sp³-hybridized carbons (Fsp3) is 0.867. The number of aliphatic carboxylic acids is 1. The highest BCUT2D eigenvalue weighted by Gasteiger charge is 2.35. The molecule has 0 spiro atoms. The Labute approximate surface area is 126 Å². The molecule has 1 atom stereocenters.